The predicted octanol–water partition coefficient (Wildman–Crippen LogP) is 2.73. The van der Waals surface area contributed by atoms with Crippen molar-refractivity contribution in [3.05, 3.63) is 41.1 Å². The number of benzene rings is 1. The van der Waals surface area contributed by atoms with Crippen molar-refractivity contribution in [2.75, 3.05) is 11.1 Å². The summed E-state index contributed by atoms with van der Waals surface area (Å²) in [5.74, 6) is 1.04. The van der Waals surface area contributed by atoms with Gasteiger partial charge in [-0.1, -0.05) is 12.1 Å². The van der Waals surface area contributed by atoms with E-state index in [1.807, 2.05) is 19.1 Å². The quantitative estimate of drug-likeness (QED) is 0.829. The highest BCUT2D eigenvalue weighted by Gasteiger charge is 2.05. The summed E-state index contributed by atoms with van der Waals surface area (Å²) in [6.07, 6.45) is 1.72. The number of nitrogens with one attached hydrogen (secondary N) is 1. The molecule has 4 heteroatoms. The largest absolute Gasteiger partial charge is 0.368 e. The maximum atomic E-state index is 5.59. The Hall–Kier alpha value is -2.10. The molecule has 2 rings (SSSR count). The Labute approximate surface area is 101 Å². The van der Waals surface area contributed by atoms with Crippen LogP contribution in [0.1, 0.15) is 16.7 Å². The number of aromatic nitrogens is 2. The summed E-state index contributed by atoms with van der Waals surface area (Å²) < 4.78 is 0. The molecule has 0 radical (unpaired) electrons. The second kappa shape index (κ2) is 4.41. The van der Waals surface area contributed by atoms with Gasteiger partial charge in [0.1, 0.15) is 5.82 Å². The van der Waals surface area contributed by atoms with Gasteiger partial charge < -0.3 is 11.1 Å². The van der Waals surface area contributed by atoms with Gasteiger partial charge in [-0.2, -0.15) is 4.98 Å². The maximum absolute atomic E-state index is 5.59. The van der Waals surface area contributed by atoms with Gasteiger partial charge in [-0.05, 0) is 38.0 Å². The number of hydrogen-bond acceptors (Lipinski definition) is 4. The Morgan fingerprint density at radius 2 is 1.88 bits per heavy atom. The van der Waals surface area contributed by atoms with Crippen LogP contribution in [0.3, 0.4) is 0 Å². The number of rotatable bonds is 2. The average molecular weight is 228 g/mol. The van der Waals surface area contributed by atoms with E-state index in [2.05, 4.69) is 35.2 Å². The lowest BCUT2D eigenvalue weighted by atomic mass is 10.1. The van der Waals surface area contributed by atoms with E-state index in [4.69, 9.17) is 5.73 Å². The highest BCUT2D eigenvalue weighted by Crippen LogP contribution is 2.23. The molecule has 0 saturated carbocycles. The fourth-order valence-corrected chi connectivity index (χ4v) is 1.60. The van der Waals surface area contributed by atoms with Gasteiger partial charge in [0, 0.05) is 17.4 Å². The summed E-state index contributed by atoms with van der Waals surface area (Å²) in [5, 5.41) is 3.29. The first-order valence-corrected chi connectivity index (χ1v) is 5.50. The minimum Gasteiger partial charge on any atom is -0.368 e. The van der Waals surface area contributed by atoms with E-state index in [1.165, 1.54) is 11.1 Å². The number of aryl methyl sites for hydroxylation is 2. The molecule has 0 aliphatic heterocycles. The SMILES string of the molecule is Cc1cnc(N)nc1Nc1cccc(C)c1C. The molecule has 1 aromatic carbocycles. The van der Waals surface area contributed by atoms with Crippen LogP contribution in [-0.2, 0) is 0 Å². The molecule has 1 aromatic heterocycles. The Morgan fingerprint density at radius 1 is 1.12 bits per heavy atom. The van der Waals surface area contributed by atoms with Crippen LogP contribution >= 0.6 is 0 Å². The zero-order valence-corrected chi connectivity index (χ0v) is 10.3. The van der Waals surface area contributed by atoms with Gasteiger partial charge >= 0.3 is 0 Å². The molecule has 1 heterocycles. The van der Waals surface area contributed by atoms with E-state index in [9.17, 15) is 0 Å². The predicted molar refractivity (Wildman–Crippen MR) is 70.4 cm³/mol. The standard InChI is InChI=1S/C13H16N4/c1-8-5-4-6-11(10(8)3)16-12-9(2)7-15-13(14)17-12/h4-7H,1-3H3,(H3,14,15,16,17). The summed E-state index contributed by atoms with van der Waals surface area (Å²) in [4.78, 5) is 8.14. The number of nitrogens with zero attached hydrogens (tertiary/aromatic N) is 2. The van der Waals surface area contributed by atoms with Crippen molar-refractivity contribution in [2.45, 2.75) is 20.8 Å². The molecular formula is C13H16N4. The van der Waals surface area contributed by atoms with E-state index >= 15 is 0 Å². The molecule has 17 heavy (non-hydrogen) atoms. The molecule has 0 atom stereocenters. The van der Waals surface area contributed by atoms with Crippen molar-refractivity contribution in [1.29, 1.82) is 0 Å². The van der Waals surface area contributed by atoms with Crippen LogP contribution < -0.4 is 11.1 Å². The zero-order chi connectivity index (χ0) is 12.4. The van der Waals surface area contributed by atoms with Crippen molar-refractivity contribution < 1.29 is 0 Å². The molecule has 3 N–H and O–H groups in total. The van der Waals surface area contributed by atoms with Crippen LogP contribution in [0.4, 0.5) is 17.5 Å². The summed E-state index contributed by atoms with van der Waals surface area (Å²) >= 11 is 0. The van der Waals surface area contributed by atoms with Crippen LogP contribution in [0.5, 0.6) is 0 Å². The van der Waals surface area contributed by atoms with Gasteiger partial charge in [0.2, 0.25) is 5.95 Å². The van der Waals surface area contributed by atoms with Crippen molar-refractivity contribution in [3.8, 4) is 0 Å². The number of hydrogen-bond donors (Lipinski definition) is 2. The molecular weight excluding hydrogens is 212 g/mol. The van der Waals surface area contributed by atoms with Crippen LogP contribution in [0.2, 0.25) is 0 Å². The van der Waals surface area contributed by atoms with Crippen molar-refractivity contribution >= 4 is 17.5 Å². The molecule has 0 aliphatic carbocycles. The lowest BCUT2D eigenvalue weighted by Crippen LogP contribution is -2.03. The normalized spacial score (nSPS) is 10.3. The van der Waals surface area contributed by atoms with E-state index in [0.29, 0.717) is 0 Å². The van der Waals surface area contributed by atoms with Gasteiger partial charge in [0.25, 0.3) is 0 Å². The van der Waals surface area contributed by atoms with Gasteiger partial charge in [-0.3, -0.25) is 0 Å². The number of nitrogen functional groups attached to an aromatic ring is 1. The Morgan fingerprint density at radius 3 is 2.65 bits per heavy atom. The van der Waals surface area contributed by atoms with Gasteiger partial charge in [0.15, 0.2) is 0 Å². The lowest BCUT2D eigenvalue weighted by Gasteiger charge is -2.12. The summed E-state index contributed by atoms with van der Waals surface area (Å²) in [5.41, 5.74) is 10.1. The first-order valence-electron chi connectivity index (χ1n) is 5.50. The van der Waals surface area contributed by atoms with Crippen molar-refractivity contribution in [1.82, 2.24) is 9.97 Å². The second-order valence-electron chi connectivity index (χ2n) is 4.13. The van der Waals surface area contributed by atoms with Crippen molar-refractivity contribution in [3.63, 3.8) is 0 Å². The van der Waals surface area contributed by atoms with E-state index in [1.54, 1.807) is 6.20 Å². The molecule has 0 saturated heterocycles. The molecule has 2 aromatic rings. The summed E-state index contributed by atoms with van der Waals surface area (Å²) in [6, 6.07) is 6.13. The lowest BCUT2D eigenvalue weighted by molar-refractivity contribution is 1.14. The molecule has 0 fully saturated rings. The second-order valence-corrected chi connectivity index (χ2v) is 4.13. The third-order valence-corrected chi connectivity index (χ3v) is 2.85. The first-order chi connectivity index (χ1) is 8.08. The molecule has 0 aliphatic rings. The number of anilines is 3. The molecule has 4 nitrogen and oxygen atoms in total. The monoisotopic (exact) mass is 228 g/mol. The zero-order valence-electron chi connectivity index (χ0n) is 10.3. The summed E-state index contributed by atoms with van der Waals surface area (Å²) in [6.45, 7) is 6.12. The summed E-state index contributed by atoms with van der Waals surface area (Å²) in [7, 11) is 0. The molecule has 0 bridgehead atoms. The highest BCUT2D eigenvalue weighted by molar-refractivity contribution is 5.64. The number of nitrogens with two attached hydrogens (primary N) is 1. The average Bonchev–Trinajstić information content (AvgIpc) is 2.30. The Balaban J connectivity index is 2.38. The molecule has 0 unspecified atom stereocenters. The van der Waals surface area contributed by atoms with E-state index < -0.39 is 0 Å². The third-order valence-electron chi connectivity index (χ3n) is 2.85. The van der Waals surface area contributed by atoms with Gasteiger partial charge in [-0.25, -0.2) is 4.98 Å². The smallest absolute Gasteiger partial charge is 0.221 e. The van der Waals surface area contributed by atoms with E-state index in [0.717, 1.165) is 17.1 Å². The van der Waals surface area contributed by atoms with Crippen molar-refractivity contribution in [2.24, 2.45) is 0 Å². The fourth-order valence-electron chi connectivity index (χ4n) is 1.60. The third kappa shape index (κ3) is 2.36. The van der Waals surface area contributed by atoms with E-state index in [-0.39, 0.29) is 5.95 Å². The van der Waals surface area contributed by atoms with Gasteiger partial charge in [-0.15, -0.1) is 0 Å². The maximum Gasteiger partial charge on any atom is 0.221 e. The van der Waals surface area contributed by atoms with Gasteiger partial charge in [0.05, 0.1) is 0 Å². The van der Waals surface area contributed by atoms with Crippen LogP contribution in [0, 0.1) is 20.8 Å². The minimum atomic E-state index is 0.281. The Bertz CT molecular complexity index is 549. The van der Waals surface area contributed by atoms with Crippen LogP contribution in [0.15, 0.2) is 24.4 Å². The van der Waals surface area contributed by atoms with Crippen LogP contribution in [0.25, 0.3) is 0 Å². The topological polar surface area (TPSA) is 63.8 Å². The van der Waals surface area contributed by atoms with Crippen LogP contribution in [-0.4, -0.2) is 9.97 Å². The minimum absolute atomic E-state index is 0.281. The first kappa shape index (κ1) is 11.4. The molecule has 0 amide bonds. The molecule has 88 valence electrons. The molecule has 0 spiro atoms. The fraction of sp³-hybridized carbons (Fsp3) is 0.231. The Kier molecular flexibility index (Phi) is 2.95. The highest BCUT2D eigenvalue weighted by atomic mass is 15.1.